The molecule has 0 bridgehead atoms. The number of rotatable bonds is 4. The van der Waals surface area contributed by atoms with E-state index in [-0.39, 0.29) is 5.91 Å². The first-order valence-electron chi connectivity index (χ1n) is 8.53. The van der Waals surface area contributed by atoms with E-state index in [9.17, 15) is 4.79 Å². The molecule has 2 aromatic heterocycles. The number of nitrogens with zero attached hydrogens (tertiary/aromatic N) is 4. The second kappa shape index (κ2) is 7.61. The number of benzene rings is 2. The number of carbonyl (C=O) groups is 1. The molecule has 0 radical (unpaired) electrons. The van der Waals surface area contributed by atoms with E-state index in [2.05, 4.69) is 20.4 Å². The fourth-order valence-electron chi connectivity index (χ4n) is 2.64. The molecule has 0 fully saturated rings. The average molecular weight is 410 g/mol. The first kappa shape index (κ1) is 18.5. The Morgan fingerprint density at radius 2 is 1.79 bits per heavy atom. The molecule has 0 atom stereocenters. The minimum Gasteiger partial charge on any atom is -0.322 e. The molecule has 8 heteroatoms. The van der Waals surface area contributed by atoms with E-state index < -0.39 is 0 Å². The van der Waals surface area contributed by atoms with Gasteiger partial charge in [-0.15, -0.1) is 0 Å². The lowest BCUT2D eigenvalue weighted by molar-refractivity contribution is 0.102. The summed E-state index contributed by atoms with van der Waals surface area (Å²) in [5.74, 6) is 0.402. The second-order valence-electron chi connectivity index (χ2n) is 6.19. The van der Waals surface area contributed by atoms with Crippen LogP contribution in [0.4, 0.5) is 5.69 Å². The molecule has 2 heterocycles. The van der Waals surface area contributed by atoms with Crippen molar-refractivity contribution in [1.29, 1.82) is 0 Å². The van der Waals surface area contributed by atoms with Gasteiger partial charge in [-0.25, -0.2) is 4.98 Å². The summed E-state index contributed by atoms with van der Waals surface area (Å²) in [5.41, 5.74) is 3.26. The quantitative estimate of drug-likeness (QED) is 0.490. The molecule has 4 rings (SSSR count). The van der Waals surface area contributed by atoms with Gasteiger partial charge >= 0.3 is 0 Å². The van der Waals surface area contributed by atoms with Gasteiger partial charge in [0.1, 0.15) is 11.4 Å². The Balaban J connectivity index is 1.53. The van der Waals surface area contributed by atoms with Gasteiger partial charge in [0, 0.05) is 32.4 Å². The number of nitrogens with one attached hydrogen (secondary N) is 1. The lowest BCUT2D eigenvalue weighted by atomic mass is 10.2. The topological polar surface area (TPSA) is 72.2 Å². The van der Waals surface area contributed by atoms with E-state index in [0.717, 1.165) is 26.9 Å². The molecule has 1 amide bonds. The molecular weight excluding hydrogens is 394 g/mol. The second-order valence-corrected chi connectivity index (χ2v) is 7.69. The van der Waals surface area contributed by atoms with Crippen LogP contribution in [0, 0.1) is 13.8 Å². The zero-order valence-electron chi connectivity index (χ0n) is 15.2. The number of aromatic nitrogens is 4. The SMILES string of the molecule is Cc1nc2ncnn2c(Sc2ccc(NC(=O)c3ccc(Cl)cc3)cc2)c1C. The van der Waals surface area contributed by atoms with Crippen LogP contribution in [-0.4, -0.2) is 25.5 Å². The van der Waals surface area contributed by atoms with E-state index in [1.807, 2.05) is 38.1 Å². The maximum absolute atomic E-state index is 12.3. The molecule has 0 spiro atoms. The number of hydrogen-bond acceptors (Lipinski definition) is 5. The highest BCUT2D eigenvalue weighted by Gasteiger charge is 2.13. The summed E-state index contributed by atoms with van der Waals surface area (Å²) >= 11 is 7.44. The van der Waals surface area contributed by atoms with Crippen LogP contribution in [-0.2, 0) is 0 Å². The predicted octanol–water partition coefficient (Wildman–Crippen LogP) is 4.80. The smallest absolute Gasteiger partial charge is 0.255 e. The van der Waals surface area contributed by atoms with Gasteiger partial charge in [-0.2, -0.15) is 14.6 Å². The highest BCUT2D eigenvalue weighted by atomic mass is 35.5. The number of fused-ring (bicyclic) bond motifs is 1. The normalized spacial score (nSPS) is 11.0. The van der Waals surface area contributed by atoms with Crippen molar-refractivity contribution in [3.05, 3.63) is 76.7 Å². The largest absolute Gasteiger partial charge is 0.322 e. The first-order valence-corrected chi connectivity index (χ1v) is 9.72. The molecule has 0 aliphatic rings. The molecule has 28 heavy (non-hydrogen) atoms. The van der Waals surface area contributed by atoms with Gasteiger partial charge in [-0.05, 0) is 62.4 Å². The Morgan fingerprint density at radius 3 is 2.50 bits per heavy atom. The average Bonchev–Trinajstić information content (AvgIpc) is 3.15. The molecule has 0 unspecified atom stereocenters. The number of aryl methyl sites for hydroxylation is 1. The minimum atomic E-state index is -0.179. The molecule has 4 aromatic rings. The number of hydrogen-bond donors (Lipinski definition) is 1. The Hall–Kier alpha value is -2.90. The van der Waals surface area contributed by atoms with Crippen molar-refractivity contribution >= 4 is 40.7 Å². The van der Waals surface area contributed by atoms with Gasteiger partial charge in [0.05, 0.1) is 0 Å². The summed E-state index contributed by atoms with van der Waals surface area (Å²) in [6.45, 7) is 3.98. The van der Waals surface area contributed by atoms with Crippen LogP contribution in [0.2, 0.25) is 5.02 Å². The number of carbonyl (C=O) groups excluding carboxylic acids is 1. The standard InChI is InChI=1S/C20H16ClN5OS/c1-12-13(2)24-20-22-11-23-26(20)19(12)28-17-9-7-16(8-10-17)25-18(27)14-3-5-15(21)6-4-14/h3-11H,1-2H3,(H,25,27). The third-order valence-corrected chi connectivity index (χ3v) is 5.72. The molecule has 0 saturated heterocycles. The van der Waals surface area contributed by atoms with Crippen LogP contribution in [0.1, 0.15) is 21.6 Å². The van der Waals surface area contributed by atoms with E-state index in [1.54, 1.807) is 40.5 Å². The molecule has 0 saturated carbocycles. The summed E-state index contributed by atoms with van der Waals surface area (Å²) < 4.78 is 1.74. The Kier molecular flexibility index (Phi) is 5.02. The molecule has 0 aliphatic heterocycles. The van der Waals surface area contributed by atoms with Gasteiger partial charge in [-0.3, -0.25) is 4.79 Å². The molecule has 0 aliphatic carbocycles. The minimum absolute atomic E-state index is 0.179. The van der Waals surface area contributed by atoms with Gasteiger partial charge in [0.2, 0.25) is 0 Å². The van der Waals surface area contributed by atoms with E-state index >= 15 is 0 Å². The van der Waals surface area contributed by atoms with E-state index in [1.165, 1.54) is 6.33 Å². The summed E-state index contributed by atoms with van der Waals surface area (Å²) in [7, 11) is 0. The van der Waals surface area contributed by atoms with Gasteiger partial charge in [0.25, 0.3) is 11.7 Å². The molecule has 6 nitrogen and oxygen atoms in total. The highest BCUT2D eigenvalue weighted by molar-refractivity contribution is 7.99. The monoisotopic (exact) mass is 409 g/mol. The number of halogens is 1. The van der Waals surface area contributed by atoms with Gasteiger partial charge in [0.15, 0.2) is 0 Å². The predicted molar refractivity (Wildman–Crippen MR) is 110 cm³/mol. The summed E-state index contributed by atoms with van der Waals surface area (Å²) in [4.78, 5) is 22.0. The van der Waals surface area contributed by atoms with Crippen molar-refractivity contribution in [3.63, 3.8) is 0 Å². The number of anilines is 1. The molecule has 1 N–H and O–H groups in total. The third kappa shape index (κ3) is 3.72. The van der Waals surface area contributed by atoms with Crippen molar-refractivity contribution in [1.82, 2.24) is 19.6 Å². The molecule has 140 valence electrons. The van der Waals surface area contributed by atoms with E-state index in [4.69, 9.17) is 11.6 Å². The van der Waals surface area contributed by atoms with Crippen LogP contribution >= 0.6 is 23.4 Å². The Labute approximate surface area is 171 Å². The molecular formula is C20H16ClN5OS. The first-order chi connectivity index (χ1) is 13.5. The van der Waals surface area contributed by atoms with Crippen LogP contribution in [0.15, 0.2) is 64.8 Å². The third-order valence-electron chi connectivity index (χ3n) is 4.29. The Morgan fingerprint density at radius 1 is 1.07 bits per heavy atom. The Bertz CT molecular complexity index is 1160. The van der Waals surface area contributed by atoms with Crippen LogP contribution < -0.4 is 5.32 Å². The zero-order valence-corrected chi connectivity index (χ0v) is 16.8. The van der Waals surface area contributed by atoms with E-state index in [0.29, 0.717) is 16.4 Å². The van der Waals surface area contributed by atoms with Crippen LogP contribution in [0.5, 0.6) is 0 Å². The molecule has 2 aromatic carbocycles. The van der Waals surface area contributed by atoms with Crippen LogP contribution in [0.3, 0.4) is 0 Å². The fraction of sp³-hybridized carbons (Fsp3) is 0.100. The highest BCUT2D eigenvalue weighted by Crippen LogP contribution is 2.31. The summed E-state index contributed by atoms with van der Waals surface area (Å²) in [5, 5.41) is 8.72. The van der Waals surface area contributed by atoms with Crippen molar-refractivity contribution in [3.8, 4) is 0 Å². The number of amides is 1. The summed E-state index contributed by atoms with van der Waals surface area (Å²) in [6.07, 6.45) is 1.50. The lowest BCUT2D eigenvalue weighted by Crippen LogP contribution is -2.11. The van der Waals surface area contributed by atoms with Crippen molar-refractivity contribution < 1.29 is 4.79 Å². The van der Waals surface area contributed by atoms with Gasteiger partial charge < -0.3 is 5.32 Å². The van der Waals surface area contributed by atoms with Crippen molar-refractivity contribution in [2.24, 2.45) is 0 Å². The van der Waals surface area contributed by atoms with Gasteiger partial charge in [-0.1, -0.05) is 23.4 Å². The summed E-state index contributed by atoms with van der Waals surface area (Å²) in [6, 6.07) is 14.4. The fourth-order valence-corrected chi connectivity index (χ4v) is 3.78. The van der Waals surface area contributed by atoms with Crippen molar-refractivity contribution in [2.45, 2.75) is 23.8 Å². The lowest BCUT2D eigenvalue weighted by Gasteiger charge is -2.10. The maximum Gasteiger partial charge on any atom is 0.255 e. The zero-order chi connectivity index (χ0) is 19.7. The van der Waals surface area contributed by atoms with Crippen molar-refractivity contribution in [2.75, 3.05) is 5.32 Å². The van der Waals surface area contributed by atoms with Crippen LogP contribution in [0.25, 0.3) is 5.78 Å². The maximum atomic E-state index is 12.3.